The van der Waals surface area contributed by atoms with Gasteiger partial charge in [-0.05, 0) is 49.8 Å². The molecule has 0 spiro atoms. The van der Waals surface area contributed by atoms with Crippen LogP contribution in [0.15, 0.2) is 12.1 Å². The van der Waals surface area contributed by atoms with Gasteiger partial charge in [-0.25, -0.2) is 4.79 Å². The first-order valence-corrected chi connectivity index (χ1v) is 6.45. The number of carbonyl (C=O) groups is 1. The minimum atomic E-state index is -0.275. The van der Waals surface area contributed by atoms with Crippen molar-refractivity contribution in [3.05, 3.63) is 28.8 Å². The quantitative estimate of drug-likeness (QED) is 0.494. The number of nitrogen functional groups attached to an aromatic ring is 1. The second kappa shape index (κ2) is 6.43. The largest absolute Gasteiger partial charge is 0.462 e. The zero-order valence-electron chi connectivity index (χ0n) is 11.7. The summed E-state index contributed by atoms with van der Waals surface area (Å²) in [6.07, 6.45) is 1.98. The van der Waals surface area contributed by atoms with Gasteiger partial charge >= 0.3 is 5.97 Å². The van der Waals surface area contributed by atoms with Gasteiger partial charge < -0.3 is 10.5 Å². The predicted molar refractivity (Wildman–Crippen MR) is 74.7 cm³/mol. The first-order valence-electron chi connectivity index (χ1n) is 6.45. The molecule has 0 saturated heterocycles. The molecule has 100 valence electrons. The maximum absolute atomic E-state index is 11.9. The number of hydrogen-bond acceptors (Lipinski definition) is 3. The molecule has 3 heteroatoms. The highest BCUT2D eigenvalue weighted by molar-refractivity contribution is 5.92. The molecule has 0 unspecified atom stereocenters. The highest BCUT2D eigenvalue weighted by atomic mass is 16.5. The number of nitrogens with two attached hydrogens (primary N) is 1. The number of hydrogen-bond donors (Lipinski definition) is 1. The Morgan fingerprint density at radius 3 is 2.56 bits per heavy atom. The van der Waals surface area contributed by atoms with Crippen LogP contribution in [0.1, 0.15) is 48.2 Å². The van der Waals surface area contributed by atoms with Gasteiger partial charge in [-0.3, -0.25) is 0 Å². The molecule has 0 atom stereocenters. The molecule has 0 aliphatic heterocycles. The fourth-order valence-electron chi connectivity index (χ4n) is 1.82. The Kier molecular flexibility index (Phi) is 5.20. The van der Waals surface area contributed by atoms with Gasteiger partial charge in [-0.1, -0.05) is 19.9 Å². The minimum absolute atomic E-state index is 0.275. The minimum Gasteiger partial charge on any atom is -0.462 e. The lowest BCUT2D eigenvalue weighted by atomic mass is 10.0. The summed E-state index contributed by atoms with van der Waals surface area (Å²) in [6.45, 7) is 8.63. The predicted octanol–water partition coefficient (Wildman–Crippen LogP) is 3.48. The monoisotopic (exact) mass is 249 g/mol. The standard InChI is InChI=1S/C15H23NO2/c1-10(2)6-5-7-18-15(17)13-9-14(16)12(4)8-11(13)3/h8-10H,5-7,16H2,1-4H3. The maximum Gasteiger partial charge on any atom is 0.338 e. The zero-order chi connectivity index (χ0) is 13.7. The van der Waals surface area contributed by atoms with Crippen molar-refractivity contribution in [2.45, 2.75) is 40.5 Å². The van der Waals surface area contributed by atoms with Gasteiger partial charge in [0.25, 0.3) is 0 Å². The van der Waals surface area contributed by atoms with Gasteiger partial charge in [-0.2, -0.15) is 0 Å². The Bertz CT molecular complexity index is 425. The average Bonchev–Trinajstić information content (AvgIpc) is 2.28. The third-order valence-corrected chi connectivity index (χ3v) is 2.99. The van der Waals surface area contributed by atoms with Gasteiger partial charge in [-0.15, -0.1) is 0 Å². The number of esters is 1. The summed E-state index contributed by atoms with van der Waals surface area (Å²) in [5, 5.41) is 0. The Balaban J connectivity index is 2.59. The van der Waals surface area contributed by atoms with E-state index in [0.717, 1.165) is 24.0 Å². The number of rotatable bonds is 5. The van der Waals surface area contributed by atoms with E-state index in [4.69, 9.17) is 10.5 Å². The Morgan fingerprint density at radius 1 is 1.28 bits per heavy atom. The first-order chi connectivity index (χ1) is 8.41. The van der Waals surface area contributed by atoms with Crippen molar-refractivity contribution in [3.63, 3.8) is 0 Å². The molecule has 0 radical (unpaired) electrons. The Hall–Kier alpha value is -1.51. The van der Waals surface area contributed by atoms with Gasteiger partial charge in [0, 0.05) is 5.69 Å². The third kappa shape index (κ3) is 4.06. The molecule has 0 aliphatic rings. The van der Waals surface area contributed by atoms with Crippen LogP contribution in [0.2, 0.25) is 0 Å². The first kappa shape index (κ1) is 14.6. The highest BCUT2D eigenvalue weighted by Gasteiger charge is 2.12. The van der Waals surface area contributed by atoms with E-state index in [2.05, 4.69) is 13.8 Å². The molecular weight excluding hydrogens is 226 g/mol. The van der Waals surface area contributed by atoms with Crippen molar-refractivity contribution < 1.29 is 9.53 Å². The summed E-state index contributed by atoms with van der Waals surface area (Å²) in [5.41, 5.74) is 8.92. The normalized spacial score (nSPS) is 10.7. The van der Waals surface area contributed by atoms with Crippen LogP contribution < -0.4 is 5.73 Å². The van der Waals surface area contributed by atoms with E-state index < -0.39 is 0 Å². The van der Waals surface area contributed by atoms with Crippen molar-refractivity contribution >= 4 is 11.7 Å². The van der Waals surface area contributed by atoms with Crippen molar-refractivity contribution in [1.82, 2.24) is 0 Å². The molecule has 0 bridgehead atoms. The van der Waals surface area contributed by atoms with Crippen LogP contribution in [0.4, 0.5) is 5.69 Å². The number of aryl methyl sites for hydroxylation is 2. The SMILES string of the molecule is Cc1cc(C)c(C(=O)OCCCC(C)C)cc1N. The molecule has 0 aromatic heterocycles. The van der Waals surface area contributed by atoms with Crippen LogP contribution in [-0.4, -0.2) is 12.6 Å². The molecule has 0 fully saturated rings. The number of carbonyl (C=O) groups excluding carboxylic acids is 1. The summed E-state index contributed by atoms with van der Waals surface area (Å²) in [6, 6.07) is 3.62. The van der Waals surface area contributed by atoms with Crippen molar-refractivity contribution in [2.24, 2.45) is 5.92 Å². The fourth-order valence-corrected chi connectivity index (χ4v) is 1.82. The highest BCUT2D eigenvalue weighted by Crippen LogP contribution is 2.18. The lowest BCUT2D eigenvalue weighted by molar-refractivity contribution is 0.0494. The molecular formula is C15H23NO2. The molecule has 0 saturated carbocycles. The summed E-state index contributed by atoms with van der Waals surface area (Å²) in [4.78, 5) is 11.9. The summed E-state index contributed by atoms with van der Waals surface area (Å²) in [5.74, 6) is 0.364. The number of anilines is 1. The third-order valence-electron chi connectivity index (χ3n) is 2.99. The van der Waals surface area contributed by atoms with Gasteiger partial charge in [0.15, 0.2) is 0 Å². The smallest absolute Gasteiger partial charge is 0.338 e. The van der Waals surface area contributed by atoms with E-state index >= 15 is 0 Å². The van der Waals surface area contributed by atoms with E-state index in [1.807, 2.05) is 19.9 Å². The van der Waals surface area contributed by atoms with Gasteiger partial charge in [0.05, 0.1) is 12.2 Å². The van der Waals surface area contributed by atoms with Gasteiger partial charge in [0.1, 0.15) is 0 Å². The van der Waals surface area contributed by atoms with E-state index in [0.29, 0.717) is 23.8 Å². The lowest BCUT2D eigenvalue weighted by Crippen LogP contribution is -2.10. The van der Waals surface area contributed by atoms with E-state index in [1.165, 1.54) is 0 Å². The number of benzene rings is 1. The molecule has 2 N–H and O–H groups in total. The van der Waals surface area contributed by atoms with Crippen LogP contribution in [0.3, 0.4) is 0 Å². The summed E-state index contributed by atoms with van der Waals surface area (Å²) < 4.78 is 5.26. The van der Waals surface area contributed by atoms with Crippen LogP contribution >= 0.6 is 0 Å². The Morgan fingerprint density at radius 2 is 1.94 bits per heavy atom. The van der Waals surface area contributed by atoms with Crippen molar-refractivity contribution in [1.29, 1.82) is 0 Å². The lowest BCUT2D eigenvalue weighted by Gasteiger charge is -2.10. The Labute approximate surface area is 109 Å². The molecule has 0 amide bonds. The van der Waals surface area contributed by atoms with E-state index in [9.17, 15) is 4.79 Å². The molecule has 1 aromatic carbocycles. The fraction of sp³-hybridized carbons (Fsp3) is 0.533. The molecule has 0 aliphatic carbocycles. The van der Waals surface area contributed by atoms with Crippen LogP contribution in [0.5, 0.6) is 0 Å². The van der Waals surface area contributed by atoms with Crippen molar-refractivity contribution in [3.8, 4) is 0 Å². The molecule has 1 aromatic rings. The molecule has 3 nitrogen and oxygen atoms in total. The van der Waals surface area contributed by atoms with E-state index in [1.54, 1.807) is 6.07 Å². The van der Waals surface area contributed by atoms with Gasteiger partial charge in [0.2, 0.25) is 0 Å². The maximum atomic E-state index is 11.9. The average molecular weight is 249 g/mol. The zero-order valence-corrected chi connectivity index (χ0v) is 11.7. The second-order valence-corrected chi connectivity index (χ2v) is 5.20. The van der Waals surface area contributed by atoms with Crippen molar-refractivity contribution in [2.75, 3.05) is 12.3 Å². The van der Waals surface area contributed by atoms with Crippen LogP contribution in [0.25, 0.3) is 0 Å². The molecule has 1 rings (SSSR count). The number of ether oxygens (including phenoxy) is 1. The molecule has 18 heavy (non-hydrogen) atoms. The van der Waals surface area contributed by atoms with E-state index in [-0.39, 0.29) is 5.97 Å². The topological polar surface area (TPSA) is 52.3 Å². The second-order valence-electron chi connectivity index (χ2n) is 5.20. The molecule has 0 heterocycles. The van der Waals surface area contributed by atoms with Crippen LogP contribution in [-0.2, 0) is 4.74 Å². The summed E-state index contributed by atoms with van der Waals surface area (Å²) in [7, 11) is 0. The summed E-state index contributed by atoms with van der Waals surface area (Å²) >= 11 is 0. The van der Waals surface area contributed by atoms with Crippen LogP contribution in [0, 0.1) is 19.8 Å².